The molecule has 2 N–H and O–H groups in total. The van der Waals surface area contributed by atoms with Crippen molar-refractivity contribution >= 4 is 24.8 Å². The maximum absolute atomic E-state index is 5.69. The Balaban J connectivity index is 0. The van der Waals surface area contributed by atoms with Crippen LogP contribution in [0.4, 0.5) is 0 Å². The first-order valence-electron chi connectivity index (χ1n) is 4.20. The van der Waals surface area contributed by atoms with Crippen LogP contribution < -0.4 is 5.73 Å². The summed E-state index contributed by atoms with van der Waals surface area (Å²) in [6, 6.07) is 1.10. The Morgan fingerprint density at radius 3 is 2.42 bits per heavy atom. The van der Waals surface area contributed by atoms with Crippen LogP contribution in [0.3, 0.4) is 0 Å². The molecule has 0 saturated carbocycles. The number of halogens is 2. The van der Waals surface area contributed by atoms with Crippen LogP contribution >= 0.6 is 24.8 Å². The van der Waals surface area contributed by atoms with Crippen LogP contribution in [0.2, 0.25) is 0 Å². The Morgan fingerprint density at radius 1 is 1.50 bits per heavy atom. The van der Waals surface area contributed by atoms with Gasteiger partial charge in [0.15, 0.2) is 0 Å². The molecule has 2 nitrogen and oxygen atoms in total. The average molecular weight is 215 g/mol. The van der Waals surface area contributed by atoms with Crippen molar-refractivity contribution in [1.29, 1.82) is 0 Å². The van der Waals surface area contributed by atoms with Crippen molar-refractivity contribution in [3.63, 3.8) is 0 Å². The van der Waals surface area contributed by atoms with Gasteiger partial charge in [-0.25, -0.2) is 0 Å². The lowest BCUT2D eigenvalue weighted by Crippen LogP contribution is -2.37. The molecule has 0 bridgehead atoms. The first-order valence-corrected chi connectivity index (χ1v) is 4.20. The van der Waals surface area contributed by atoms with E-state index in [4.69, 9.17) is 5.73 Å². The summed E-state index contributed by atoms with van der Waals surface area (Å²) < 4.78 is 0. The lowest BCUT2D eigenvalue weighted by molar-refractivity contribution is 0.256. The largest absolute Gasteiger partial charge is 0.327 e. The van der Waals surface area contributed by atoms with Gasteiger partial charge in [-0.2, -0.15) is 0 Å². The number of nitrogens with zero attached hydrogens (tertiary/aromatic N) is 1. The van der Waals surface area contributed by atoms with Crippen molar-refractivity contribution < 1.29 is 0 Å². The summed E-state index contributed by atoms with van der Waals surface area (Å²) in [5.41, 5.74) is 5.69. The Bertz CT molecular complexity index is 109. The minimum absolute atomic E-state index is 0. The fourth-order valence-corrected chi connectivity index (χ4v) is 1.63. The van der Waals surface area contributed by atoms with Gasteiger partial charge in [-0.1, -0.05) is 0 Å². The van der Waals surface area contributed by atoms with E-state index in [9.17, 15) is 0 Å². The zero-order valence-electron chi connectivity index (χ0n) is 7.82. The Morgan fingerprint density at radius 2 is 2.08 bits per heavy atom. The molecule has 1 fully saturated rings. The van der Waals surface area contributed by atoms with Crippen molar-refractivity contribution in [2.75, 3.05) is 13.1 Å². The molecule has 76 valence electrons. The molecule has 12 heavy (non-hydrogen) atoms. The van der Waals surface area contributed by atoms with Gasteiger partial charge in [0, 0.05) is 18.6 Å². The molecule has 0 amide bonds. The number of hydrogen-bond acceptors (Lipinski definition) is 2. The Kier molecular flexibility index (Phi) is 8.69. The highest BCUT2D eigenvalue weighted by Crippen LogP contribution is 2.15. The van der Waals surface area contributed by atoms with Gasteiger partial charge in [-0.3, -0.25) is 4.90 Å². The fraction of sp³-hybridized carbons (Fsp3) is 1.00. The number of hydrogen-bond donors (Lipinski definition) is 1. The van der Waals surface area contributed by atoms with Crippen molar-refractivity contribution in [3.05, 3.63) is 0 Å². The first kappa shape index (κ1) is 15.0. The quantitative estimate of drug-likeness (QED) is 0.759. The summed E-state index contributed by atoms with van der Waals surface area (Å²) in [6.07, 6.45) is 2.71. The third kappa shape index (κ3) is 4.51. The molecule has 0 aromatic rings. The number of rotatable bonds is 2. The van der Waals surface area contributed by atoms with Crippen LogP contribution in [0.15, 0.2) is 0 Å². The van der Waals surface area contributed by atoms with Gasteiger partial charge < -0.3 is 5.73 Å². The standard InChI is InChI=1S/C8H18N2.2ClH/c1-7(9)6-10-5-3-4-8(10)2;;/h7-8H,3-6,9H2,1-2H3;2*1H. The molecule has 1 aliphatic heterocycles. The lowest BCUT2D eigenvalue weighted by Gasteiger charge is -2.22. The van der Waals surface area contributed by atoms with Crippen LogP contribution in [0, 0.1) is 0 Å². The molecular weight excluding hydrogens is 195 g/mol. The van der Waals surface area contributed by atoms with Gasteiger partial charge in [0.05, 0.1) is 0 Å². The van der Waals surface area contributed by atoms with Crippen LogP contribution in [0.5, 0.6) is 0 Å². The highest BCUT2D eigenvalue weighted by molar-refractivity contribution is 5.85. The second-order valence-electron chi connectivity index (χ2n) is 3.46. The van der Waals surface area contributed by atoms with Crippen molar-refractivity contribution in [2.24, 2.45) is 5.73 Å². The Labute approximate surface area is 87.7 Å². The number of nitrogens with two attached hydrogens (primary N) is 1. The minimum atomic E-state index is 0. The van der Waals surface area contributed by atoms with Crippen LogP contribution in [-0.2, 0) is 0 Å². The van der Waals surface area contributed by atoms with E-state index in [2.05, 4.69) is 18.7 Å². The predicted octanol–water partition coefficient (Wildman–Crippen LogP) is 1.66. The van der Waals surface area contributed by atoms with E-state index in [1.54, 1.807) is 0 Å². The zero-order valence-corrected chi connectivity index (χ0v) is 9.46. The van der Waals surface area contributed by atoms with E-state index in [0.717, 1.165) is 12.6 Å². The molecule has 4 heteroatoms. The molecule has 0 aromatic heterocycles. The molecule has 2 atom stereocenters. The first-order chi connectivity index (χ1) is 4.70. The average Bonchev–Trinajstić information content (AvgIpc) is 2.15. The summed E-state index contributed by atoms with van der Waals surface area (Å²) in [6.45, 7) is 6.68. The molecule has 2 unspecified atom stereocenters. The van der Waals surface area contributed by atoms with E-state index in [-0.39, 0.29) is 24.8 Å². The summed E-state index contributed by atoms with van der Waals surface area (Å²) in [4.78, 5) is 2.48. The summed E-state index contributed by atoms with van der Waals surface area (Å²) in [5.74, 6) is 0. The van der Waals surface area contributed by atoms with E-state index in [1.165, 1.54) is 19.4 Å². The molecule has 0 aromatic carbocycles. The van der Waals surface area contributed by atoms with Gasteiger partial charge in [0.2, 0.25) is 0 Å². The molecule has 1 heterocycles. The van der Waals surface area contributed by atoms with E-state index in [0.29, 0.717) is 6.04 Å². The topological polar surface area (TPSA) is 29.3 Å². The van der Waals surface area contributed by atoms with Crippen LogP contribution in [0.25, 0.3) is 0 Å². The number of likely N-dealkylation sites (tertiary alicyclic amines) is 1. The highest BCUT2D eigenvalue weighted by Gasteiger charge is 2.20. The molecule has 0 spiro atoms. The van der Waals surface area contributed by atoms with Crippen molar-refractivity contribution in [3.8, 4) is 0 Å². The monoisotopic (exact) mass is 214 g/mol. The predicted molar refractivity (Wildman–Crippen MR) is 58.4 cm³/mol. The summed E-state index contributed by atoms with van der Waals surface area (Å²) in [5, 5.41) is 0. The van der Waals surface area contributed by atoms with Gasteiger partial charge >= 0.3 is 0 Å². The minimum Gasteiger partial charge on any atom is -0.327 e. The summed E-state index contributed by atoms with van der Waals surface area (Å²) in [7, 11) is 0. The van der Waals surface area contributed by atoms with Crippen molar-refractivity contribution in [1.82, 2.24) is 4.90 Å². The summed E-state index contributed by atoms with van der Waals surface area (Å²) >= 11 is 0. The fourth-order valence-electron chi connectivity index (χ4n) is 1.63. The molecule has 1 aliphatic rings. The maximum Gasteiger partial charge on any atom is 0.0139 e. The molecule has 0 radical (unpaired) electrons. The van der Waals surface area contributed by atoms with Crippen LogP contribution in [0.1, 0.15) is 26.7 Å². The third-order valence-corrected chi connectivity index (χ3v) is 2.21. The van der Waals surface area contributed by atoms with E-state index >= 15 is 0 Å². The Hall–Kier alpha value is 0.500. The molecule has 1 saturated heterocycles. The second kappa shape index (κ2) is 6.96. The van der Waals surface area contributed by atoms with E-state index < -0.39 is 0 Å². The third-order valence-electron chi connectivity index (χ3n) is 2.21. The lowest BCUT2D eigenvalue weighted by atomic mass is 10.2. The van der Waals surface area contributed by atoms with Gasteiger partial charge in [-0.05, 0) is 33.2 Å². The molecule has 1 rings (SSSR count). The SMILES string of the molecule is CC(N)CN1CCCC1C.Cl.Cl. The van der Waals surface area contributed by atoms with E-state index in [1.807, 2.05) is 0 Å². The molecular formula is C8H20Cl2N2. The maximum atomic E-state index is 5.69. The zero-order chi connectivity index (χ0) is 7.56. The van der Waals surface area contributed by atoms with Gasteiger partial charge in [-0.15, -0.1) is 24.8 Å². The molecule has 0 aliphatic carbocycles. The van der Waals surface area contributed by atoms with Crippen molar-refractivity contribution in [2.45, 2.75) is 38.8 Å². The van der Waals surface area contributed by atoms with Gasteiger partial charge in [0.1, 0.15) is 0 Å². The highest BCUT2D eigenvalue weighted by atomic mass is 35.5. The smallest absolute Gasteiger partial charge is 0.0139 e. The normalized spacial score (nSPS) is 25.8. The second-order valence-corrected chi connectivity index (χ2v) is 3.46. The van der Waals surface area contributed by atoms with Gasteiger partial charge in [0.25, 0.3) is 0 Å². The van der Waals surface area contributed by atoms with Crippen LogP contribution in [-0.4, -0.2) is 30.1 Å².